The first-order valence-electron chi connectivity index (χ1n) is 9.97. The van der Waals surface area contributed by atoms with Crippen molar-refractivity contribution in [3.05, 3.63) is 50.7 Å². The van der Waals surface area contributed by atoms with E-state index in [1.165, 1.54) is 4.57 Å². The van der Waals surface area contributed by atoms with Gasteiger partial charge in [0.05, 0.1) is 6.54 Å². The molecule has 1 aliphatic rings. The van der Waals surface area contributed by atoms with Crippen molar-refractivity contribution in [2.24, 2.45) is 7.05 Å². The Balaban J connectivity index is 1.65. The second-order valence-electron chi connectivity index (χ2n) is 7.53. The van der Waals surface area contributed by atoms with Crippen molar-refractivity contribution >= 4 is 17.1 Å². The van der Waals surface area contributed by atoms with Gasteiger partial charge < -0.3 is 24.6 Å². The number of H-pyrrole nitrogens is 1. The van der Waals surface area contributed by atoms with Gasteiger partial charge in [0.1, 0.15) is 18.5 Å². The van der Waals surface area contributed by atoms with E-state index in [1.54, 1.807) is 11.6 Å². The second-order valence-corrected chi connectivity index (χ2v) is 7.53. The van der Waals surface area contributed by atoms with Gasteiger partial charge in [-0.1, -0.05) is 17.7 Å². The Bertz CT molecular complexity index is 1140. The SMILES string of the molecule is Cc1ccc(OCC(O)Cn2c(N3CCNCC3)nc3c2c(=O)[nH]c(=O)n3C)cc1. The molecule has 3 N–H and O–H groups in total. The van der Waals surface area contributed by atoms with Crippen LogP contribution in [0.5, 0.6) is 5.75 Å². The molecule has 4 rings (SSSR count). The van der Waals surface area contributed by atoms with E-state index in [-0.39, 0.29) is 18.7 Å². The number of nitrogens with zero attached hydrogens (tertiary/aromatic N) is 4. The quantitative estimate of drug-likeness (QED) is 0.502. The molecule has 1 atom stereocenters. The van der Waals surface area contributed by atoms with E-state index in [9.17, 15) is 14.7 Å². The monoisotopic (exact) mass is 414 g/mol. The van der Waals surface area contributed by atoms with Crippen LogP contribution in [0.25, 0.3) is 11.2 Å². The summed E-state index contributed by atoms with van der Waals surface area (Å²) in [4.78, 5) is 33.6. The molecule has 2 aromatic heterocycles. The molecule has 10 nitrogen and oxygen atoms in total. The fourth-order valence-corrected chi connectivity index (χ4v) is 3.59. The Kier molecular flexibility index (Phi) is 5.60. The number of piperazine rings is 1. The molecule has 10 heteroatoms. The fraction of sp³-hybridized carbons (Fsp3) is 0.450. The van der Waals surface area contributed by atoms with Gasteiger partial charge in [0.25, 0.3) is 5.56 Å². The van der Waals surface area contributed by atoms with Crippen LogP contribution in [0.3, 0.4) is 0 Å². The molecule has 1 saturated heterocycles. The highest BCUT2D eigenvalue weighted by atomic mass is 16.5. The molecule has 1 aromatic carbocycles. The average Bonchev–Trinajstić information content (AvgIpc) is 3.12. The lowest BCUT2D eigenvalue weighted by Gasteiger charge is -2.29. The molecule has 1 fully saturated rings. The minimum atomic E-state index is -0.873. The number of hydrogen-bond acceptors (Lipinski definition) is 7. The Hall–Kier alpha value is -3.11. The predicted octanol–water partition coefficient (Wildman–Crippen LogP) is -0.419. The van der Waals surface area contributed by atoms with Gasteiger partial charge in [-0.05, 0) is 19.1 Å². The van der Waals surface area contributed by atoms with E-state index in [1.807, 2.05) is 36.1 Å². The molecular formula is C20H26N6O4. The summed E-state index contributed by atoms with van der Waals surface area (Å²) in [5.74, 6) is 1.23. The molecular weight excluding hydrogens is 388 g/mol. The van der Waals surface area contributed by atoms with Gasteiger partial charge in [-0.15, -0.1) is 0 Å². The largest absolute Gasteiger partial charge is 0.491 e. The summed E-state index contributed by atoms with van der Waals surface area (Å²) in [7, 11) is 1.57. The Morgan fingerprint density at radius 2 is 1.90 bits per heavy atom. The predicted molar refractivity (Wildman–Crippen MR) is 113 cm³/mol. The van der Waals surface area contributed by atoms with Crippen LogP contribution in [0, 0.1) is 6.92 Å². The fourth-order valence-electron chi connectivity index (χ4n) is 3.59. The van der Waals surface area contributed by atoms with Crippen LogP contribution in [-0.2, 0) is 13.6 Å². The third kappa shape index (κ3) is 3.96. The van der Waals surface area contributed by atoms with Crippen molar-refractivity contribution in [2.45, 2.75) is 19.6 Å². The van der Waals surface area contributed by atoms with Crippen LogP contribution in [0.2, 0.25) is 0 Å². The molecule has 160 valence electrons. The maximum Gasteiger partial charge on any atom is 0.329 e. The second kappa shape index (κ2) is 8.33. The van der Waals surface area contributed by atoms with E-state index in [0.29, 0.717) is 30.4 Å². The lowest BCUT2D eigenvalue weighted by atomic mass is 10.2. The maximum atomic E-state index is 12.6. The Morgan fingerprint density at radius 3 is 2.60 bits per heavy atom. The van der Waals surface area contributed by atoms with Crippen molar-refractivity contribution < 1.29 is 9.84 Å². The van der Waals surface area contributed by atoms with Gasteiger partial charge in [-0.25, -0.2) is 4.79 Å². The number of ether oxygens (including phenoxy) is 1. The topological polar surface area (TPSA) is 117 Å². The first-order valence-corrected chi connectivity index (χ1v) is 9.97. The number of aliphatic hydroxyl groups excluding tert-OH is 1. The number of rotatable bonds is 6. The number of imidazole rings is 1. The number of benzene rings is 1. The molecule has 3 aromatic rings. The number of aryl methyl sites for hydroxylation is 2. The van der Waals surface area contributed by atoms with Crippen LogP contribution >= 0.6 is 0 Å². The first-order chi connectivity index (χ1) is 14.4. The number of hydrogen-bond donors (Lipinski definition) is 3. The van der Waals surface area contributed by atoms with Gasteiger partial charge in [0.2, 0.25) is 5.95 Å². The van der Waals surface area contributed by atoms with E-state index >= 15 is 0 Å². The lowest BCUT2D eigenvalue weighted by molar-refractivity contribution is 0.0936. The third-order valence-corrected chi connectivity index (χ3v) is 5.24. The van der Waals surface area contributed by atoms with Gasteiger partial charge in [-0.3, -0.25) is 14.3 Å². The van der Waals surface area contributed by atoms with E-state index in [2.05, 4.69) is 15.3 Å². The number of anilines is 1. The summed E-state index contributed by atoms with van der Waals surface area (Å²) in [5, 5.41) is 13.9. The summed E-state index contributed by atoms with van der Waals surface area (Å²) in [6.45, 7) is 5.17. The minimum absolute atomic E-state index is 0.0629. The summed E-state index contributed by atoms with van der Waals surface area (Å²) in [6, 6.07) is 7.57. The molecule has 30 heavy (non-hydrogen) atoms. The van der Waals surface area contributed by atoms with E-state index < -0.39 is 17.4 Å². The normalized spacial score (nSPS) is 15.5. The lowest BCUT2D eigenvalue weighted by Crippen LogP contribution is -2.45. The number of nitrogens with one attached hydrogen (secondary N) is 2. The molecule has 0 saturated carbocycles. The zero-order valence-corrected chi connectivity index (χ0v) is 17.1. The van der Waals surface area contributed by atoms with Crippen LogP contribution in [0.1, 0.15) is 5.56 Å². The number of fused-ring (bicyclic) bond motifs is 1. The maximum absolute atomic E-state index is 12.6. The number of aromatic nitrogens is 4. The molecule has 0 aliphatic carbocycles. The molecule has 1 unspecified atom stereocenters. The average molecular weight is 414 g/mol. The molecule has 0 amide bonds. The van der Waals surface area contributed by atoms with Crippen molar-refractivity contribution in [1.82, 2.24) is 24.4 Å². The smallest absolute Gasteiger partial charge is 0.329 e. The van der Waals surface area contributed by atoms with Crippen LogP contribution in [0.15, 0.2) is 33.9 Å². The zero-order chi connectivity index (χ0) is 21.3. The van der Waals surface area contributed by atoms with E-state index in [0.717, 1.165) is 18.7 Å². The highest BCUT2D eigenvalue weighted by molar-refractivity contribution is 5.74. The summed E-state index contributed by atoms with van der Waals surface area (Å²) < 4.78 is 8.69. The first kappa shape index (κ1) is 20.2. The zero-order valence-electron chi connectivity index (χ0n) is 17.1. The van der Waals surface area contributed by atoms with E-state index in [4.69, 9.17) is 4.74 Å². The molecule has 0 radical (unpaired) electrons. The highest BCUT2D eigenvalue weighted by Gasteiger charge is 2.24. The molecule has 3 heterocycles. The van der Waals surface area contributed by atoms with Crippen molar-refractivity contribution in [2.75, 3.05) is 37.7 Å². The van der Waals surface area contributed by atoms with Crippen molar-refractivity contribution in [1.29, 1.82) is 0 Å². The summed E-state index contributed by atoms with van der Waals surface area (Å²) in [5.41, 5.74) is 0.642. The van der Waals surface area contributed by atoms with Gasteiger partial charge in [-0.2, -0.15) is 4.98 Å². The van der Waals surface area contributed by atoms with Crippen LogP contribution < -0.4 is 26.2 Å². The Morgan fingerprint density at radius 1 is 1.20 bits per heavy atom. The standard InChI is InChI=1S/C20H26N6O4/c1-13-3-5-15(6-4-13)30-12-14(27)11-26-16-17(24(2)20(29)23-18(16)28)22-19(26)25-9-7-21-8-10-25/h3-6,14,21,27H,7-12H2,1-2H3,(H,23,28,29). The molecule has 0 bridgehead atoms. The van der Waals surface area contributed by atoms with Crippen molar-refractivity contribution in [3.8, 4) is 5.75 Å². The molecule has 1 aliphatic heterocycles. The third-order valence-electron chi connectivity index (χ3n) is 5.24. The Labute approximate surface area is 172 Å². The van der Waals surface area contributed by atoms with Crippen LogP contribution in [-0.4, -0.2) is 63.1 Å². The number of aromatic amines is 1. The van der Waals surface area contributed by atoms with Crippen LogP contribution in [0.4, 0.5) is 5.95 Å². The summed E-state index contributed by atoms with van der Waals surface area (Å²) in [6.07, 6.45) is -0.873. The highest BCUT2D eigenvalue weighted by Crippen LogP contribution is 2.21. The minimum Gasteiger partial charge on any atom is -0.491 e. The van der Waals surface area contributed by atoms with Gasteiger partial charge in [0, 0.05) is 33.2 Å². The number of aliphatic hydroxyl groups is 1. The summed E-state index contributed by atoms with van der Waals surface area (Å²) >= 11 is 0. The van der Waals surface area contributed by atoms with Gasteiger partial charge >= 0.3 is 5.69 Å². The molecule has 0 spiro atoms. The van der Waals surface area contributed by atoms with Crippen molar-refractivity contribution in [3.63, 3.8) is 0 Å². The van der Waals surface area contributed by atoms with Gasteiger partial charge in [0.15, 0.2) is 11.2 Å².